The normalized spacial score (nSPS) is 10.6. The zero-order valence-electron chi connectivity index (χ0n) is 9.93. The molecule has 0 atom stereocenters. The molecule has 0 aliphatic carbocycles. The lowest BCUT2D eigenvalue weighted by atomic mass is 9.94. The average Bonchev–Trinajstić information content (AvgIpc) is 2.37. The molecule has 0 aliphatic heterocycles. The van der Waals surface area contributed by atoms with Gasteiger partial charge in [0.2, 0.25) is 5.60 Å². The number of nitrogens with zero attached hydrogens (tertiary/aromatic N) is 2. The number of benzene rings is 1. The number of ether oxygens (including phenoxy) is 2. The van der Waals surface area contributed by atoms with Gasteiger partial charge in [-0.1, -0.05) is 24.3 Å². The summed E-state index contributed by atoms with van der Waals surface area (Å²) in [4.78, 5) is 0. The minimum Gasteiger partial charge on any atom is -0.359 e. The lowest BCUT2D eigenvalue weighted by molar-refractivity contribution is -0.0804. The summed E-state index contributed by atoms with van der Waals surface area (Å²) in [7, 11) is 1.45. The van der Waals surface area contributed by atoms with Gasteiger partial charge in [0, 0.05) is 13.5 Å². The summed E-state index contributed by atoms with van der Waals surface area (Å²) in [5.74, 6) is 0. The van der Waals surface area contributed by atoms with Crippen LogP contribution in [-0.4, -0.2) is 19.5 Å². The van der Waals surface area contributed by atoms with E-state index in [4.69, 9.17) is 20.0 Å². The molecule has 4 heteroatoms. The highest BCUT2D eigenvalue weighted by Crippen LogP contribution is 2.19. The van der Waals surface area contributed by atoms with E-state index in [1.54, 1.807) is 0 Å². The van der Waals surface area contributed by atoms with Crippen molar-refractivity contribution in [2.24, 2.45) is 0 Å². The van der Waals surface area contributed by atoms with Crippen molar-refractivity contribution in [3.63, 3.8) is 0 Å². The Balaban J connectivity index is 2.92. The van der Waals surface area contributed by atoms with Gasteiger partial charge in [0.1, 0.15) is 18.9 Å². The standard InChI is InChI=1S/C13H14N2O2/c1-11-5-3-4-6-12(11)7-13(8-14,9-15)17-10-16-2/h3-6H,7,10H2,1-2H3. The van der Waals surface area contributed by atoms with Gasteiger partial charge in [-0.3, -0.25) is 0 Å². The first-order valence-electron chi connectivity index (χ1n) is 5.17. The Morgan fingerprint density at radius 3 is 2.41 bits per heavy atom. The number of rotatable bonds is 5. The van der Waals surface area contributed by atoms with Crippen LogP contribution in [-0.2, 0) is 15.9 Å². The molecule has 0 aliphatic rings. The molecule has 0 N–H and O–H groups in total. The molecule has 0 unspecified atom stereocenters. The fourth-order valence-corrected chi connectivity index (χ4v) is 1.46. The Kier molecular flexibility index (Phi) is 4.66. The van der Waals surface area contributed by atoms with Crippen LogP contribution in [0.2, 0.25) is 0 Å². The number of hydrogen-bond acceptors (Lipinski definition) is 4. The number of aryl methyl sites for hydroxylation is 1. The van der Waals surface area contributed by atoms with Crippen molar-refractivity contribution >= 4 is 0 Å². The molecule has 17 heavy (non-hydrogen) atoms. The first-order chi connectivity index (χ1) is 8.17. The van der Waals surface area contributed by atoms with Crippen molar-refractivity contribution in [2.75, 3.05) is 13.9 Å². The third-order valence-electron chi connectivity index (χ3n) is 2.49. The van der Waals surface area contributed by atoms with Gasteiger partial charge in [0.25, 0.3) is 0 Å². The van der Waals surface area contributed by atoms with Crippen LogP contribution in [0.15, 0.2) is 24.3 Å². The largest absolute Gasteiger partial charge is 0.359 e. The highest BCUT2D eigenvalue weighted by molar-refractivity contribution is 5.32. The van der Waals surface area contributed by atoms with E-state index in [-0.39, 0.29) is 13.2 Å². The highest BCUT2D eigenvalue weighted by atomic mass is 16.7. The summed E-state index contributed by atoms with van der Waals surface area (Å²) in [5, 5.41) is 18.2. The average molecular weight is 230 g/mol. The predicted molar refractivity (Wildman–Crippen MR) is 61.8 cm³/mol. The van der Waals surface area contributed by atoms with E-state index in [1.807, 2.05) is 43.3 Å². The molecular formula is C13H14N2O2. The maximum atomic E-state index is 9.10. The lowest BCUT2D eigenvalue weighted by Gasteiger charge is -2.19. The molecule has 88 valence electrons. The van der Waals surface area contributed by atoms with Crippen LogP contribution in [0.5, 0.6) is 0 Å². The number of nitriles is 2. The Hall–Kier alpha value is -1.88. The van der Waals surface area contributed by atoms with Crippen LogP contribution >= 0.6 is 0 Å². The molecule has 0 saturated carbocycles. The molecule has 1 rings (SSSR count). The lowest BCUT2D eigenvalue weighted by Crippen LogP contribution is -2.32. The van der Waals surface area contributed by atoms with Gasteiger partial charge in [-0.05, 0) is 18.1 Å². The molecule has 1 aromatic rings. The maximum absolute atomic E-state index is 9.10. The first-order valence-corrected chi connectivity index (χ1v) is 5.17. The molecule has 0 amide bonds. The SMILES string of the molecule is COCOC(C#N)(C#N)Cc1ccccc1C. The fourth-order valence-electron chi connectivity index (χ4n) is 1.46. The topological polar surface area (TPSA) is 66.0 Å². The Morgan fingerprint density at radius 2 is 1.88 bits per heavy atom. The summed E-state index contributed by atoms with van der Waals surface area (Å²) < 4.78 is 9.94. The van der Waals surface area contributed by atoms with Gasteiger partial charge in [-0.2, -0.15) is 10.5 Å². The second kappa shape index (κ2) is 6.00. The van der Waals surface area contributed by atoms with E-state index >= 15 is 0 Å². The van der Waals surface area contributed by atoms with Crippen molar-refractivity contribution in [3.05, 3.63) is 35.4 Å². The van der Waals surface area contributed by atoms with Gasteiger partial charge in [0.05, 0.1) is 0 Å². The minimum atomic E-state index is -1.48. The van der Waals surface area contributed by atoms with Gasteiger partial charge < -0.3 is 9.47 Å². The zero-order chi connectivity index (χ0) is 12.7. The summed E-state index contributed by atoms with van der Waals surface area (Å²) >= 11 is 0. The molecule has 1 aromatic carbocycles. The van der Waals surface area contributed by atoms with Crippen LogP contribution < -0.4 is 0 Å². The van der Waals surface area contributed by atoms with Crippen LogP contribution in [0.4, 0.5) is 0 Å². The minimum absolute atomic E-state index is 0.0764. The highest BCUT2D eigenvalue weighted by Gasteiger charge is 2.32. The number of methoxy groups -OCH3 is 1. The molecule has 4 nitrogen and oxygen atoms in total. The number of hydrogen-bond donors (Lipinski definition) is 0. The summed E-state index contributed by atoms with van der Waals surface area (Å²) in [6, 6.07) is 11.4. The summed E-state index contributed by atoms with van der Waals surface area (Å²) in [5.41, 5.74) is 0.470. The molecule has 0 aromatic heterocycles. The van der Waals surface area contributed by atoms with Crippen molar-refractivity contribution < 1.29 is 9.47 Å². The molecule has 0 spiro atoms. The Labute approximate surface area is 101 Å². The van der Waals surface area contributed by atoms with Crippen LogP contribution in [0.1, 0.15) is 11.1 Å². The quantitative estimate of drug-likeness (QED) is 0.725. The monoisotopic (exact) mass is 230 g/mol. The fraction of sp³-hybridized carbons (Fsp3) is 0.385. The Morgan fingerprint density at radius 1 is 1.24 bits per heavy atom. The molecule has 0 heterocycles. The zero-order valence-corrected chi connectivity index (χ0v) is 9.93. The molecular weight excluding hydrogens is 216 g/mol. The maximum Gasteiger partial charge on any atom is 0.247 e. The van der Waals surface area contributed by atoms with Crippen LogP contribution in [0.3, 0.4) is 0 Å². The van der Waals surface area contributed by atoms with E-state index in [9.17, 15) is 0 Å². The summed E-state index contributed by atoms with van der Waals surface area (Å²) in [6.45, 7) is 1.86. The van der Waals surface area contributed by atoms with E-state index < -0.39 is 5.60 Å². The first kappa shape index (κ1) is 13.2. The predicted octanol–water partition coefficient (Wildman–Crippen LogP) is 1.94. The van der Waals surface area contributed by atoms with E-state index in [1.165, 1.54) is 7.11 Å². The van der Waals surface area contributed by atoms with Crippen molar-refractivity contribution in [3.8, 4) is 12.1 Å². The third kappa shape index (κ3) is 3.29. The van der Waals surface area contributed by atoms with Gasteiger partial charge >= 0.3 is 0 Å². The van der Waals surface area contributed by atoms with Crippen molar-refractivity contribution in [1.82, 2.24) is 0 Å². The van der Waals surface area contributed by atoms with E-state index in [2.05, 4.69) is 0 Å². The molecule has 0 bridgehead atoms. The van der Waals surface area contributed by atoms with Gasteiger partial charge in [-0.25, -0.2) is 0 Å². The molecule has 0 radical (unpaired) electrons. The van der Waals surface area contributed by atoms with Crippen molar-refractivity contribution in [1.29, 1.82) is 10.5 Å². The van der Waals surface area contributed by atoms with Crippen molar-refractivity contribution in [2.45, 2.75) is 18.9 Å². The third-order valence-corrected chi connectivity index (χ3v) is 2.49. The Bertz CT molecular complexity index is 443. The molecule has 0 fully saturated rings. The van der Waals surface area contributed by atoms with Crippen LogP contribution in [0, 0.1) is 29.6 Å². The molecule has 0 saturated heterocycles. The second-order valence-electron chi connectivity index (χ2n) is 3.70. The van der Waals surface area contributed by atoms with Gasteiger partial charge in [-0.15, -0.1) is 0 Å². The van der Waals surface area contributed by atoms with Gasteiger partial charge in [0.15, 0.2) is 0 Å². The van der Waals surface area contributed by atoms with E-state index in [0.717, 1.165) is 11.1 Å². The second-order valence-corrected chi connectivity index (χ2v) is 3.70. The van der Waals surface area contributed by atoms with Crippen LogP contribution in [0.25, 0.3) is 0 Å². The smallest absolute Gasteiger partial charge is 0.247 e. The summed E-state index contributed by atoms with van der Waals surface area (Å²) in [6.07, 6.45) is 0.232. The van der Waals surface area contributed by atoms with E-state index in [0.29, 0.717) is 0 Å².